The van der Waals surface area contributed by atoms with Gasteiger partial charge in [-0.15, -0.1) is 0 Å². The number of sulfone groups is 1. The van der Waals surface area contributed by atoms with Crippen molar-refractivity contribution < 1.29 is 13.2 Å². The molecular formula is C12H15NO3S. The van der Waals surface area contributed by atoms with Gasteiger partial charge in [-0.1, -0.05) is 18.2 Å². The number of rotatable bonds is 2. The lowest BCUT2D eigenvalue weighted by atomic mass is 10.1. The summed E-state index contributed by atoms with van der Waals surface area (Å²) in [5.41, 5.74) is 1.94. The lowest BCUT2D eigenvalue weighted by Crippen LogP contribution is -2.39. The summed E-state index contributed by atoms with van der Waals surface area (Å²) in [5.74, 6) is -0.768. The Morgan fingerprint density at radius 3 is 2.71 bits per heavy atom. The molecule has 0 aliphatic carbocycles. The molecule has 0 spiro atoms. The van der Waals surface area contributed by atoms with E-state index in [-0.39, 0.29) is 11.9 Å². The number of carbonyl (C=O) groups excluding carboxylic acids is 1. The highest BCUT2D eigenvalue weighted by molar-refractivity contribution is 7.91. The van der Waals surface area contributed by atoms with Crippen molar-refractivity contribution in [3.8, 4) is 0 Å². The minimum Gasteiger partial charge on any atom is -0.308 e. The molecule has 0 bridgehead atoms. The predicted molar refractivity (Wildman–Crippen MR) is 66.8 cm³/mol. The molecule has 1 aromatic carbocycles. The summed E-state index contributed by atoms with van der Waals surface area (Å²) in [6.07, 6.45) is 1.86. The number of fused-ring (bicyclic) bond motifs is 1. The van der Waals surface area contributed by atoms with Gasteiger partial charge in [0.1, 0.15) is 5.75 Å². The standard InChI is InChI=1S/C12H15NO3S/c1-9-7-10-5-3-4-6-11(10)13(9)12(14)8-17(2,15)16/h3-6,9H,7-8H2,1-2H3. The van der Waals surface area contributed by atoms with Crippen LogP contribution in [0.1, 0.15) is 12.5 Å². The maximum atomic E-state index is 12.0. The van der Waals surface area contributed by atoms with E-state index in [0.717, 1.165) is 23.9 Å². The summed E-state index contributed by atoms with van der Waals surface area (Å²) in [6.45, 7) is 1.93. The van der Waals surface area contributed by atoms with Crippen LogP contribution in [0.4, 0.5) is 5.69 Å². The van der Waals surface area contributed by atoms with Crippen LogP contribution in [0.15, 0.2) is 24.3 Å². The molecule has 5 heteroatoms. The fourth-order valence-corrected chi connectivity index (χ4v) is 2.83. The first-order chi connectivity index (χ1) is 7.88. The number of hydrogen-bond acceptors (Lipinski definition) is 3. The van der Waals surface area contributed by atoms with Crippen molar-refractivity contribution in [1.29, 1.82) is 0 Å². The molecule has 0 saturated carbocycles. The number of carbonyl (C=O) groups is 1. The van der Waals surface area contributed by atoms with Crippen LogP contribution in [-0.2, 0) is 21.1 Å². The summed E-state index contributed by atoms with van der Waals surface area (Å²) in [6, 6.07) is 7.65. The molecule has 1 unspecified atom stereocenters. The summed E-state index contributed by atoms with van der Waals surface area (Å²) < 4.78 is 22.3. The van der Waals surface area contributed by atoms with E-state index >= 15 is 0 Å². The van der Waals surface area contributed by atoms with Crippen molar-refractivity contribution in [2.24, 2.45) is 0 Å². The third-order valence-corrected chi connectivity index (χ3v) is 3.63. The molecule has 0 saturated heterocycles. The number of anilines is 1. The molecule has 1 aliphatic rings. The maximum Gasteiger partial charge on any atom is 0.242 e. The summed E-state index contributed by atoms with van der Waals surface area (Å²) in [7, 11) is -3.28. The fourth-order valence-electron chi connectivity index (χ4n) is 2.24. The van der Waals surface area contributed by atoms with Crippen LogP contribution in [0.5, 0.6) is 0 Å². The van der Waals surface area contributed by atoms with E-state index in [1.54, 1.807) is 4.90 Å². The zero-order valence-electron chi connectivity index (χ0n) is 9.88. The third-order valence-electron chi connectivity index (χ3n) is 2.86. The molecule has 0 fully saturated rings. The van der Waals surface area contributed by atoms with Gasteiger partial charge in [0.25, 0.3) is 0 Å². The Bertz CT molecular complexity index is 551. The van der Waals surface area contributed by atoms with E-state index in [9.17, 15) is 13.2 Å². The van der Waals surface area contributed by atoms with Gasteiger partial charge in [-0.05, 0) is 25.0 Å². The SMILES string of the molecule is CC1Cc2ccccc2N1C(=O)CS(C)(=O)=O. The first-order valence-electron chi connectivity index (χ1n) is 5.46. The second kappa shape index (κ2) is 4.14. The topological polar surface area (TPSA) is 54.5 Å². The number of benzene rings is 1. The minimum atomic E-state index is -3.28. The molecule has 92 valence electrons. The van der Waals surface area contributed by atoms with Crippen molar-refractivity contribution in [3.05, 3.63) is 29.8 Å². The molecule has 0 radical (unpaired) electrons. The summed E-state index contributed by atoms with van der Waals surface area (Å²) in [5, 5.41) is 0. The number of amides is 1. The zero-order chi connectivity index (χ0) is 12.6. The predicted octanol–water partition coefficient (Wildman–Crippen LogP) is 1.01. The first-order valence-corrected chi connectivity index (χ1v) is 7.52. The van der Waals surface area contributed by atoms with Crippen LogP contribution < -0.4 is 4.90 Å². The van der Waals surface area contributed by atoms with Gasteiger partial charge >= 0.3 is 0 Å². The molecule has 4 nitrogen and oxygen atoms in total. The largest absolute Gasteiger partial charge is 0.308 e. The van der Waals surface area contributed by atoms with Gasteiger partial charge in [-0.3, -0.25) is 4.79 Å². The summed E-state index contributed by atoms with van der Waals surface area (Å²) >= 11 is 0. The highest BCUT2D eigenvalue weighted by atomic mass is 32.2. The van der Waals surface area contributed by atoms with E-state index in [1.165, 1.54) is 0 Å². The molecule has 2 rings (SSSR count). The van der Waals surface area contributed by atoms with Crippen LogP contribution in [-0.4, -0.2) is 32.4 Å². The Morgan fingerprint density at radius 2 is 2.06 bits per heavy atom. The van der Waals surface area contributed by atoms with Gasteiger partial charge in [-0.25, -0.2) is 8.42 Å². The molecule has 0 aromatic heterocycles. The lowest BCUT2D eigenvalue weighted by Gasteiger charge is -2.22. The average Bonchev–Trinajstić information content (AvgIpc) is 2.50. The lowest BCUT2D eigenvalue weighted by molar-refractivity contribution is -0.116. The average molecular weight is 253 g/mol. The number of hydrogen-bond donors (Lipinski definition) is 0. The second-order valence-corrected chi connectivity index (χ2v) is 6.66. The molecule has 1 aliphatic heterocycles. The van der Waals surface area contributed by atoms with Gasteiger partial charge in [0.15, 0.2) is 9.84 Å². The molecule has 1 amide bonds. The van der Waals surface area contributed by atoms with Gasteiger partial charge < -0.3 is 4.90 Å². The monoisotopic (exact) mass is 253 g/mol. The molecule has 1 aromatic rings. The Balaban J connectivity index is 2.31. The maximum absolute atomic E-state index is 12.0. The van der Waals surface area contributed by atoms with Crippen molar-refractivity contribution in [2.45, 2.75) is 19.4 Å². The molecule has 0 N–H and O–H groups in total. The molecule has 1 heterocycles. The first kappa shape index (κ1) is 12.1. The van der Waals surface area contributed by atoms with Crippen molar-refractivity contribution in [2.75, 3.05) is 16.9 Å². The Hall–Kier alpha value is -1.36. The normalized spacial score (nSPS) is 19.2. The smallest absolute Gasteiger partial charge is 0.242 e. The molecule has 1 atom stereocenters. The van der Waals surface area contributed by atoms with Gasteiger partial charge in [0.05, 0.1) is 0 Å². The van der Waals surface area contributed by atoms with E-state index in [1.807, 2.05) is 31.2 Å². The number of para-hydroxylation sites is 1. The van der Waals surface area contributed by atoms with Crippen LogP contribution >= 0.6 is 0 Å². The Kier molecular flexibility index (Phi) is 2.95. The van der Waals surface area contributed by atoms with Gasteiger partial charge in [0, 0.05) is 18.0 Å². The van der Waals surface area contributed by atoms with Crippen molar-refractivity contribution >= 4 is 21.4 Å². The van der Waals surface area contributed by atoms with Gasteiger partial charge in [-0.2, -0.15) is 0 Å². The van der Waals surface area contributed by atoms with Crippen LogP contribution in [0, 0.1) is 0 Å². The van der Waals surface area contributed by atoms with Crippen LogP contribution in [0.3, 0.4) is 0 Å². The molecular weight excluding hydrogens is 238 g/mol. The quantitative estimate of drug-likeness (QED) is 0.790. The molecule has 17 heavy (non-hydrogen) atoms. The highest BCUT2D eigenvalue weighted by Crippen LogP contribution is 2.31. The van der Waals surface area contributed by atoms with E-state index in [4.69, 9.17) is 0 Å². The Labute approximate surface area is 101 Å². The van der Waals surface area contributed by atoms with E-state index in [0.29, 0.717) is 0 Å². The van der Waals surface area contributed by atoms with E-state index in [2.05, 4.69) is 0 Å². The van der Waals surface area contributed by atoms with Crippen molar-refractivity contribution in [3.63, 3.8) is 0 Å². The summed E-state index contributed by atoms with van der Waals surface area (Å²) in [4.78, 5) is 13.6. The zero-order valence-corrected chi connectivity index (χ0v) is 10.7. The van der Waals surface area contributed by atoms with E-state index < -0.39 is 15.6 Å². The van der Waals surface area contributed by atoms with Crippen molar-refractivity contribution in [1.82, 2.24) is 0 Å². The third kappa shape index (κ3) is 2.49. The number of nitrogens with zero attached hydrogens (tertiary/aromatic N) is 1. The van der Waals surface area contributed by atoms with Crippen LogP contribution in [0.25, 0.3) is 0 Å². The Morgan fingerprint density at radius 1 is 1.41 bits per heavy atom. The highest BCUT2D eigenvalue weighted by Gasteiger charge is 2.31. The van der Waals surface area contributed by atoms with Crippen LogP contribution in [0.2, 0.25) is 0 Å². The minimum absolute atomic E-state index is 0.0293. The fraction of sp³-hybridized carbons (Fsp3) is 0.417. The second-order valence-electron chi connectivity index (χ2n) is 4.52. The van der Waals surface area contributed by atoms with Gasteiger partial charge in [0.2, 0.25) is 5.91 Å².